The van der Waals surface area contributed by atoms with Gasteiger partial charge in [-0.2, -0.15) is 0 Å². The van der Waals surface area contributed by atoms with Crippen molar-refractivity contribution in [2.45, 2.75) is 40.0 Å². The molecule has 126 valence electrons. The molecule has 0 saturated carbocycles. The van der Waals surface area contributed by atoms with Gasteiger partial charge in [-0.1, -0.05) is 20.8 Å². The molecular weight excluding hydrogens is 304 g/mol. The fourth-order valence-corrected chi connectivity index (χ4v) is 2.88. The van der Waals surface area contributed by atoms with E-state index in [9.17, 15) is 4.79 Å². The smallest absolute Gasteiger partial charge is 0.293 e. The molecule has 24 heavy (non-hydrogen) atoms. The van der Waals surface area contributed by atoms with E-state index in [1.807, 2.05) is 25.2 Å². The Bertz CT molecular complexity index is 929. The van der Waals surface area contributed by atoms with Crippen LogP contribution < -0.4 is 5.32 Å². The number of carbonyl (C=O) groups excluding carboxylic acids is 1. The lowest BCUT2D eigenvalue weighted by Crippen LogP contribution is -2.17. The number of benzene rings is 1. The third-order valence-electron chi connectivity index (χ3n) is 3.92. The summed E-state index contributed by atoms with van der Waals surface area (Å²) in [5, 5.41) is 2.85. The van der Waals surface area contributed by atoms with E-state index in [1.165, 1.54) is 0 Å². The highest BCUT2D eigenvalue weighted by Crippen LogP contribution is 2.27. The number of rotatable bonds is 2. The highest BCUT2D eigenvalue weighted by Gasteiger charge is 2.22. The molecule has 6 heteroatoms. The van der Waals surface area contributed by atoms with Crippen LogP contribution in [0.2, 0.25) is 0 Å². The molecule has 0 fully saturated rings. The zero-order valence-corrected chi connectivity index (χ0v) is 14.9. The van der Waals surface area contributed by atoms with Crippen LogP contribution in [0.4, 0.5) is 5.69 Å². The summed E-state index contributed by atoms with van der Waals surface area (Å²) in [6.45, 7) is 9.87. The van der Waals surface area contributed by atoms with E-state index in [0.717, 1.165) is 16.9 Å². The van der Waals surface area contributed by atoms with Crippen LogP contribution in [0.1, 0.15) is 48.7 Å². The average Bonchev–Trinajstić information content (AvgIpc) is 2.98. The topological polar surface area (TPSA) is 73.0 Å². The number of hydrogen-bond acceptors (Lipinski definition) is 4. The van der Waals surface area contributed by atoms with Crippen molar-refractivity contribution < 1.29 is 9.21 Å². The molecule has 0 bridgehead atoms. The van der Waals surface area contributed by atoms with Gasteiger partial charge in [-0.15, -0.1) is 0 Å². The Hall–Kier alpha value is -2.63. The van der Waals surface area contributed by atoms with Gasteiger partial charge in [0.2, 0.25) is 5.76 Å². The van der Waals surface area contributed by atoms with Gasteiger partial charge >= 0.3 is 0 Å². The molecule has 6 nitrogen and oxygen atoms in total. The Balaban J connectivity index is 1.94. The molecule has 0 aliphatic heterocycles. The minimum Gasteiger partial charge on any atom is -0.436 e. The van der Waals surface area contributed by atoms with Crippen molar-refractivity contribution in [2.24, 2.45) is 7.05 Å². The van der Waals surface area contributed by atoms with Gasteiger partial charge in [0, 0.05) is 25.1 Å². The van der Waals surface area contributed by atoms with Crippen LogP contribution in [0, 0.1) is 13.8 Å². The van der Waals surface area contributed by atoms with Gasteiger partial charge in [0.05, 0.1) is 16.7 Å². The summed E-state index contributed by atoms with van der Waals surface area (Å²) in [4.78, 5) is 21.2. The number of fused-ring (bicyclic) bond motifs is 1. The molecule has 1 amide bonds. The number of aromatic nitrogens is 3. The second-order valence-corrected chi connectivity index (χ2v) is 7.05. The fourth-order valence-electron chi connectivity index (χ4n) is 2.88. The van der Waals surface area contributed by atoms with E-state index in [0.29, 0.717) is 17.3 Å². The van der Waals surface area contributed by atoms with Crippen molar-refractivity contribution in [3.05, 3.63) is 41.4 Å². The molecule has 3 aromatic rings. The van der Waals surface area contributed by atoms with Crippen molar-refractivity contribution in [2.75, 3.05) is 5.32 Å². The van der Waals surface area contributed by atoms with Crippen LogP contribution in [0.5, 0.6) is 0 Å². The number of aryl methyl sites for hydroxylation is 3. The van der Waals surface area contributed by atoms with Crippen LogP contribution in [-0.4, -0.2) is 20.4 Å². The predicted octanol–water partition coefficient (Wildman–Crippen LogP) is 3.73. The van der Waals surface area contributed by atoms with Gasteiger partial charge in [-0.05, 0) is 25.1 Å². The summed E-state index contributed by atoms with van der Waals surface area (Å²) in [6, 6.07) is 5.71. The third-order valence-corrected chi connectivity index (χ3v) is 3.92. The normalized spacial score (nSPS) is 11.9. The van der Waals surface area contributed by atoms with E-state index >= 15 is 0 Å². The van der Waals surface area contributed by atoms with Gasteiger partial charge < -0.3 is 14.3 Å². The molecule has 0 aliphatic carbocycles. The first-order valence-corrected chi connectivity index (χ1v) is 7.89. The molecule has 0 aliphatic rings. The zero-order valence-electron chi connectivity index (χ0n) is 14.9. The van der Waals surface area contributed by atoms with Crippen molar-refractivity contribution in [3.63, 3.8) is 0 Å². The molecule has 0 atom stereocenters. The molecule has 3 rings (SSSR count). The number of anilines is 1. The Morgan fingerprint density at radius 2 is 1.92 bits per heavy atom. The van der Waals surface area contributed by atoms with E-state index in [1.54, 1.807) is 13.8 Å². The van der Waals surface area contributed by atoms with Crippen molar-refractivity contribution in [3.8, 4) is 0 Å². The van der Waals surface area contributed by atoms with Gasteiger partial charge in [0.1, 0.15) is 5.82 Å². The summed E-state index contributed by atoms with van der Waals surface area (Å²) in [5.74, 6) is 1.42. The molecule has 0 saturated heterocycles. The highest BCUT2D eigenvalue weighted by molar-refractivity contribution is 6.03. The van der Waals surface area contributed by atoms with Crippen molar-refractivity contribution in [1.29, 1.82) is 0 Å². The van der Waals surface area contributed by atoms with Crippen molar-refractivity contribution >= 4 is 22.6 Å². The molecule has 0 unspecified atom stereocenters. The Kier molecular flexibility index (Phi) is 3.70. The maximum absolute atomic E-state index is 12.3. The lowest BCUT2D eigenvalue weighted by Gasteiger charge is -2.17. The Morgan fingerprint density at radius 1 is 1.21 bits per heavy atom. The third kappa shape index (κ3) is 2.79. The van der Waals surface area contributed by atoms with Crippen LogP contribution in [0.25, 0.3) is 11.0 Å². The van der Waals surface area contributed by atoms with E-state index in [-0.39, 0.29) is 17.1 Å². The molecule has 1 N–H and O–H groups in total. The highest BCUT2D eigenvalue weighted by atomic mass is 16.4. The first-order valence-electron chi connectivity index (χ1n) is 7.89. The molecule has 2 heterocycles. The lowest BCUT2D eigenvalue weighted by molar-refractivity contribution is 0.0994. The van der Waals surface area contributed by atoms with Gasteiger partial charge in [0.15, 0.2) is 5.89 Å². The van der Waals surface area contributed by atoms with Crippen LogP contribution in [-0.2, 0) is 12.5 Å². The fraction of sp³-hybridized carbons (Fsp3) is 0.389. The molecule has 2 aromatic heterocycles. The number of carbonyl (C=O) groups is 1. The second kappa shape index (κ2) is 5.47. The average molecular weight is 326 g/mol. The van der Waals surface area contributed by atoms with Gasteiger partial charge in [-0.25, -0.2) is 9.97 Å². The van der Waals surface area contributed by atoms with E-state index in [4.69, 9.17) is 9.40 Å². The predicted molar refractivity (Wildman–Crippen MR) is 93.3 cm³/mol. The number of imidazole rings is 1. The summed E-state index contributed by atoms with van der Waals surface area (Å²) >= 11 is 0. The van der Waals surface area contributed by atoms with E-state index in [2.05, 4.69) is 35.6 Å². The van der Waals surface area contributed by atoms with Crippen molar-refractivity contribution in [1.82, 2.24) is 14.5 Å². The second-order valence-electron chi connectivity index (χ2n) is 7.05. The van der Waals surface area contributed by atoms with Crippen LogP contribution in [0.15, 0.2) is 22.6 Å². The van der Waals surface area contributed by atoms with Crippen LogP contribution in [0.3, 0.4) is 0 Å². The SMILES string of the molecule is Cc1nc(C)c(C(=O)Nc2ccc3c(c2)nc(C(C)(C)C)n3C)o1. The molecule has 0 spiro atoms. The zero-order chi connectivity index (χ0) is 17.6. The van der Waals surface area contributed by atoms with Gasteiger partial charge in [0.25, 0.3) is 5.91 Å². The maximum atomic E-state index is 12.3. The monoisotopic (exact) mass is 326 g/mol. The molecular formula is C18H22N4O2. The number of amides is 1. The molecule has 1 aromatic carbocycles. The van der Waals surface area contributed by atoms with Crippen LogP contribution >= 0.6 is 0 Å². The first-order chi connectivity index (χ1) is 11.2. The Labute approximate surface area is 140 Å². The largest absolute Gasteiger partial charge is 0.436 e. The molecule has 0 radical (unpaired) electrons. The summed E-state index contributed by atoms with van der Waals surface area (Å²) in [7, 11) is 2.01. The minimum atomic E-state index is -0.306. The quantitative estimate of drug-likeness (QED) is 0.779. The summed E-state index contributed by atoms with van der Waals surface area (Å²) in [5.41, 5.74) is 3.10. The summed E-state index contributed by atoms with van der Waals surface area (Å²) < 4.78 is 7.45. The number of nitrogens with zero attached hydrogens (tertiary/aromatic N) is 3. The van der Waals surface area contributed by atoms with E-state index < -0.39 is 0 Å². The number of hydrogen-bond donors (Lipinski definition) is 1. The number of nitrogens with one attached hydrogen (secondary N) is 1. The Morgan fingerprint density at radius 3 is 2.50 bits per heavy atom. The standard InChI is InChI=1S/C18H22N4O2/c1-10-15(24-11(2)19-10)16(23)20-12-7-8-14-13(9-12)21-17(22(14)6)18(3,4)5/h7-9H,1-6H3,(H,20,23). The summed E-state index contributed by atoms with van der Waals surface area (Å²) in [6.07, 6.45) is 0. The first kappa shape index (κ1) is 16.2. The lowest BCUT2D eigenvalue weighted by atomic mass is 9.96. The minimum absolute atomic E-state index is 0.0499. The maximum Gasteiger partial charge on any atom is 0.293 e. The van der Waals surface area contributed by atoms with Gasteiger partial charge in [-0.3, -0.25) is 4.79 Å². The number of oxazole rings is 1.